The predicted octanol–water partition coefficient (Wildman–Crippen LogP) is 4.11. The summed E-state index contributed by atoms with van der Waals surface area (Å²) in [6.07, 6.45) is 1.59. The highest BCUT2D eigenvalue weighted by Gasteiger charge is 2.23. The lowest BCUT2D eigenvalue weighted by Crippen LogP contribution is -2.25. The van der Waals surface area contributed by atoms with E-state index in [9.17, 15) is 9.59 Å². The maximum absolute atomic E-state index is 12.2. The van der Waals surface area contributed by atoms with E-state index in [-0.39, 0.29) is 23.5 Å². The van der Waals surface area contributed by atoms with Gasteiger partial charge in [0.25, 0.3) is 5.91 Å². The molecule has 1 aromatic heterocycles. The number of carbonyl (C=O) groups excluding carboxylic acids is 2. The lowest BCUT2D eigenvalue weighted by atomic mass is 10.1. The third-order valence-electron chi connectivity index (χ3n) is 5.28. The van der Waals surface area contributed by atoms with Crippen LogP contribution in [0.25, 0.3) is 0 Å². The van der Waals surface area contributed by atoms with Crippen molar-refractivity contribution in [1.82, 2.24) is 15.3 Å². The monoisotopic (exact) mass is 482 g/mol. The second-order valence-corrected chi connectivity index (χ2v) is 7.78. The summed E-state index contributed by atoms with van der Waals surface area (Å²) in [6, 6.07) is 10.7. The van der Waals surface area contributed by atoms with E-state index in [0.717, 1.165) is 5.56 Å². The molecule has 176 valence electrons. The van der Waals surface area contributed by atoms with Crippen LogP contribution in [-0.4, -0.2) is 49.8 Å². The summed E-state index contributed by atoms with van der Waals surface area (Å²) >= 11 is 6.32. The fourth-order valence-electron chi connectivity index (χ4n) is 3.52. The Morgan fingerprint density at radius 1 is 1.21 bits per heavy atom. The Morgan fingerprint density at radius 2 is 2.00 bits per heavy atom. The number of methoxy groups -OCH3 is 1. The quantitative estimate of drug-likeness (QED) is 0.480. The van der Waals surface area contributed by atoms with Gasteiger partial charge in [-0.25, -0.2) is 9.78 Å². The van der Waals surface area contributed by atoms with Gasteiger partial charge < -0.3 is 25.4 Å². The van der Waals surface area contributed by atoms with Gasteiger partial charge in [0, 0.05) is 26.6 Å². The van der Waals surface area contributed by atoms with Gasteiger partial charge in [-0.2, -0.15) is 4.98 Å². The van der Waals surface area contributed by atoms with Crippen LogP contribution in [0.2, 0.25) is 5.02 Å². The molecular formula is C23H23ClN6O4. The lowest BCUT2D eigenvalue weighted by molar-refractivity contribution is 0.0964. The molecule has 0 spiro atoms. The van der Waals surface area contributed by atoms with Crippen molar-refractivity contribution >= 4 is 52.4 Å². The van der Waals surface area contributed by atoms with Crippen molar-refractivity contribution in [3.05, 3.63) is 58.7 Å². The third-order valence-corrected chi connectivity index (χ3v) is 5.55. The Kier molecular flexibility index (Phi) is 6.69. The zero-order chi connectivity index (χ0) is 24.2. The zero-order valence-corrected chi connectivity index (χ0v) is 19.6. The van der Waals surface area contributed by atoms with Crippen molar-refractivity contribution in [1.29, 1.82) is 0 Å². The standard InChI is InChI=1S/C23H23ClN6O4/c1-25-21(31)14-6-4-5-7-16(14)27-20-15(24)12-26-22(29-20)28-17-10-13-8-9-34-23(32)30(2)18(13)11-19(17)33-3/h4-7,10-12H,8-9H2,1-3H3,(H,25,31)(H2,26,27,28,29). The lowest BCUT2D eigenvalue weighted by Gasteiger charge is -2.19. The second kappa shape index (κ2) is 9.84. The Balaban J connectivity index is 1.65. The van der Waals surface area contributed by atoms with Crippen molar-refractivity contribution in [3.8, 4) is 5.75 Å². The molecule has 2 aromatic carbocycles. The second-order valence-electron chi connectivity index (χ2n) is 7.37. The van der Waals surface area contributed by atoms with Crippen molar-refractivity contribution < 1.29 is 19.1 Å². The summed E-state index contributed by atoms with van der Waals surface area (Å²) in [6.45, 7) is 0.276. The number of para-hydroxylation sites is 1. The molecule has 0 unspecified atom stereocenters. The number of cyclic esters (lactones) is 1. The minimum absolute atomic E-state index is 0.242. The molecule has 0 saturated carbocycles. The molecule has 34 heavy (non-hydrogen) atoms. The Hall–Kier alpha value is -4.05. The molecule has 2 heterocycles. The summed E-state index contributed by atoms with van der Waals surface area (Å²) in [5.41, 5.74) is 3.22. The van der Waals surface area contributed by atoms with E-state index >= 15 is 0 Å². The van der Waals surface area contributed by atoms with Gasteiger partial charge in [0.05, 0.1) is 42.5 Å². The van der Waals surface area contributed by atoms with E-state index in [0.29, 0.717) is 40.6 Å². The van der Waals surface area contributed by atoms with Crippen LogP contribution in [0.5, 0.6) is 5.75 Å². The summed E-state index contributed by atoms with van der Waals surface area (Å²) in [4.78, 5) is 34.4. The predicted molar refractivity (Wildman–Crippen MR) is 130 cm³/mol. The Bertz CT molecular complexity index is 1250. The first kappa shape index (κ1) is 23.1. The highest BCUT2D eigenvalue weighted by Crippen LogP contribution is 2.36. The van der Waals surface area contributed by atoms with Gasteiger partial charge in [-0.05, 0) is 23.8 Å². The molecule has 4 rings (SSSR count). The summed E-state index contributed by atoms with van der Waals surface area (Å²) in [7, 11) is 4.75. The first-order chi connectivity index (χ1) is 16.4. The van der Waals surface area contributed by atoms with Crippen LogP contribution >= 0.6 is 11.6 Å². The van der Waals surface area contributed by atoms with E-state index < -0.39 is 6.09 Å². The molecule has 10 nitrogen and oxygen atoms in total. The van der Waals surface area contributed by atoms with Gasteiger partial charge >= 0.3 is 6.09 Å². The molecule has 11 heteroatoms. The van der Waals surface area contributed by atoms with Crippen LogP contribution in [0.4, 0.5) is 33.6 Å². The van der Waals surface area contributed by atoms with Crippen LogP contribution in [-0.2, 0) is 11.2 Å². The fourth-order valence-corrected chi connectivity index (χ4v) is 3.66. The molecule has 3 aromatic rings. The number of nitrogens with zero attached hydrogens (tertiary/aromatic N) is 3. The largest absolute Gasteiger partial charge is 0.494 e. The highest BCUT2D eigenvalue weighted by molar-refractivity contribution is 6.33. The van der Waals surface area contributed by atoms with E-state index in [1.165, 1.54) is 18.2 Å². The van der Waals surface area contributed by atoms with E-state index in [1.54, 1.807) is 44.4 Å². The van der Waals surface area contributed by atoms with Crippen molar-refractivity contribution in [2.75, 3.05) is 43.3 Å². The number of aromatic nitrogens is 2. The molecule has 0 saturated heterocycles. The number of rotatable bonds is 6. The summed E-state index contributed by atoms with van der Waals surface area (Å²) in [5.74, 6) is 0.840. The number of benzene rings is 2. The van der Waals surface area contributed by atoms with Crippen molar-refractivity contribution in [2.24, 2.45) is 0 Å². The number of amides is 2. The van der Waals surface area contributed by atoms with Crippen LogP contribution in [0, 0.1) is 0 Å². The van der Waals surface area contributed by atoms with Crippen LogP contribution in [0.15, 0.2) is 42.6 Å². The number of ether oxygens (including phenoxy) is 2. The summed E-state index contributed by atoms with van der Waals surface area (Å²) < 4.78 is 10.7. The number of hydrogen-bond donors (Lipinski definition) is 3. The zero-order valence-electron chi connectivity index (χ0n) is 18.8. The number of hydrogen-bond acceptors (Lipinski definition) is 8. The number of nitrogens with one attached hydrogen (secondary N) is 3. The van der Waals surface area contributed by atoms with Gasteiger partial charge in [0.15, 0.2) is 5.82 Å². The normalized spacial score (nSPS) is 12.8. The minimum Gasteiger partial charge on any atom is -0.494 e. The molecule has 0 fully saturated rings. The average Bonchev–Trinajstić information content (AvgIpc) is 2.98. The molecular weight excluding hydrogens is 460 g/mol. The first-order valence-electron chi connectivity index (χ1n) is 10.4. The van der Waals surface area contributed by atoms with Gasteiger partial charge in [-0.3, -0.25) is 9.69 Å². The van der Waals surface area contributed by atoms with Gasteiger partial charge in [0.1, 0.15) is 10.8 Å². The number of carbonyl (C=O) groups is 2. The third kappa shape index (κ3) is 4.67. The summed E-state index contributed by atoms with van der Waals surface area (Å²) in [5, 5.41) is 9.15. The smallest absolute Gasteiger partial charge is 0.414 e. The highest BCUT2D eigenvalue weighted by atomic mass is 35.5. The SMILES string of the molecule is CNC(=O)c1ccccc1Nc1nc(Nc2cc3c(cc2OC)N(C)C(=O)OCC3)ncc1Cl. The van der Waals surface area contributed by atoms with Crippen LogP contribution < -0.4 is 25.6 Å². The topological polar surface area (TPSA) is 118 Å². The Labute approximate surface area is 201 Å². The van der Waals surface area contributed by atoms with Gasteiger partial charge in [0.2, 0.25) is 5.95 Å². The molecule has 0 bridgehead atoms. The van der Waals surface area contributed by atoms with Gasteiger partial charge in [-0.15, -0.1) is 0 Å². The molecule has 0 aliphatic carbocycles. The molecule has 1 aliphatic rings. The number of halogens is 1. The molecule has 0 radical (unpaired) electrons. The number of fused-ring (bicyclic) bond motifs is 1. The average molecular weight is 483 g/mol. The molecule has 2 amide bonds. The maximum Gasteiger partial charge on any atom is 0.414 e. The van der Waals surface area contributed by atoms with E-state index in [4.69, 9.17) is 21.1 Å². The minimum atomic E-state index is -0.421. The van der Waals surface area contributed by atoms with Crippen LogP contribution in [0.3, 0.4) is 0 Å². The Morgan fingerprint density at radius 3 is 2.76 bits per heavy atom. The van der Waals surface area contributed by atoms with Crippen molar-refractivity contribution in [2.45, 2.75) is 6.42 Å². The fraction of sp³-hybridized carbons (Fsp3) is 0.217. The molecule has 0 atom stereocenters. The van der Waals surface area contributed by atoms with Crippen molar-refractivity contribution in [3.63, 3.8) is 0 Å². The number of anilines is 5. The maximum atomic E-state index is 12.2. The molecule has 3 N–H and O–H groups in total. The van der Waals surface area contributed by atoms with E-state index in [2.05, 4.69) is 25.9 Å². The van der Waals surface area contributed by atoms with Crippen LogP contribution in [0.1, 0.15) is 15.9 Å². The first-order valence-corrected chi connectivity index (χ1v) is 10.8. The van der Waals surface area contributed by atoms with Gasteiger partial charge in [-0.1, -0.05) is 23.7 Å². The molecule has 1 aliphatic heterocycles. The van der Waals surface area contributed by atoms with E-state index in [1.807, 2.05) is 6.07 Å².